The van der Waals surface area contributed by atoms with Gasteiger partial charge in [-0.3, -0.25) is 4.99 Å². The van der Waals surface area contributed by atoms with E-state index in [2.05, 4.69) is 23.6 Å². The number of ether oxygens (including phenoxy) is 2. The molecule has 0 saturated heterocycles. The highest BCUT2D eigenvalue weighted by Crippen LogP contribution is 2.39. The minimum absolute atomic E-state index is 0.173. The number of aliphatic imine (C=N–C) groups is 1. The Bertz CT molecular complexity index is 622. The van der Waals surface area contributed by atoms with Crippen LogP contribution in [0.25, 0.3) is 0 Å². The highest BCUT2D eigenvalue weighted by molar-refractivity contribution is 5.79. The fourth-order valence-corrected chi connectivity index (χ4v) is 4.04. The summed E-state index contributed by atoms with van der Waals surface area (Å²) in [5.74, 6) is 2.51. The molecule has 1 aliphatic heterocycles. The van der Waals surface area contributed by atoms with E-state index in [1.807, 2.05) is 12.1 Å². The Morgan fingerprint density at radius 3 is 2.74 bits per heavy atom. The second kappa shape index (κ2) is 9.83. The Kier molecular flexibility index (Phi) is 7.21. The molecule has 0 radical (unpaired) electrons. The van der Waals surface area contributed by atoms with E-state index in [1.54, 1.807) is 0 Å². The second-order valence-electron chi connectivity index (χ2n) is 7.59. The average Bonchev–Trinajstić information content (AvgIpc) is 3.15. The molecule has 3 N–H and O–H groups in total. The van der Waals surface area contributed by atoms with Crippen LogP contribution in [0.15, 0.2) is 23.2 Å². The van der Waals surface area contributed by atoms with E-state index >= 15 is 0 Å². The van der Waals surface area contributed by atoms with Gasteiger partial charge in [0.2, 0.25) is 6.79 Å². The standard InChI is InChI=1S/C21H33N3O3/c1-2-22-20(24-15-21(11-13-25)9-4-3-5-10-21)23-12-8-17-6-7-18-19(14-17)27-16-26-18/h6-7,14,25H,2-5,8-13,15-16H2,1H3,(H2,22,23,24). The summed E-state index contributed by atoms with van der Waals surface area (Å²) in [6.45, 7) is 5.07. The SMILES string of the molecule is CCNC(=NCC1(CCO)CCCCC1)NCCc1ccc2c(c1)OCO2. The first-order valence-corrected chi connectivity index (χ1v) is 10.3. The average molecular weight is 376 g/mol. The fraction of sp³-hybridized carbons (Fsp3) is 0.667. The van der Waals surface area contributed by atoms with E-state index in [0.29, 0.717) is 6.79 Å². The van der Waals surface area contributed by atoms with Crippen molar-refractivity contribution in [3.05, 3.63) is 23.8 Å². The molecule has 1 aromatic rings. The minimum Gasteiger partial charge on any atom is -0.454 e. The Labute approximate surface area is 162 Å². The molecule has 0 atom stereocenters. The summed E-state index contributed by atoms with van der Waals surface area (Å²) in [6, 6.07) is 6.10. The third-order valence-corrected chi connectivity index (χ3v) is 5.62. The maximum Gasteiger partial charge on any atom is 0.231 e. The number of guanidine groups is 1. The Hall–Kier alpha value is -1.95. The van der Waals surface area contributed by atoms with Gasteiger partial charge >= 0.3 is 0 Å². The largest absolute Gasteiger partial charge is 0.454 e. The van der Waals surface area contributed by atoms with Gasteiger partial charge in [0.1, 0.15) is 0 Å². The van der Waals surface area contributed by atoms with Crippen LogP contribution in [0.5, 0.6) is 11.5 Å². The Morgan fingerprint density at radius 2 is 1.96 bits per heavy atom. The maximum absolute atomic E-state index is 9.49. The van der Waals surface area contributed by atoms with Gasteiger partial charge in [-0.05, 0) is 55.7 Å². The predicted octanol–water partition coefficient (Wildman–Crippen LogP) is 2.85. The Balaban J connectivity index is 1.54. The zero-order valence-electron chi connectivity index (χ0n) is 16.4. The van der Waals surface area contributed by atoms with E-state index < -0.39 is 0 Å². The van der Waals surface area contributed by atoms with Crippen LogP contribution < -0.4 is 20.1 Å². The smallest absolute Gasteiger partial charge is 0.231 e. The number of hydrogen-bond acceptors (Lipinski definition) is 4. The molecule has 1 aromatic carbocycles. The van der Waals surface area contributed by atoms with Crippen LogP contribution in [0.1, 0.15) is 51.0 Å². The molecular formula is C21H33N3O3. The van der Waals surface area contributed by atoms with Gasteiger partial charge in [0.05, 0.1) is 0 Å². The molecule has 2 aliphatic rings. The van der Waals surface area contributed by atoms with Gasteiger partial charge < -0.3 is 25.2 Å². The normalized spacial score (nSPS) is 18.4. The van der Waals surface area contributed by atoms with E-state index in [1.165, 1.54) is 37.7 Å². The molecule has 0 unspecified atom stereocenters. The molecule has 150 valence electrons. The molecular weight excluding hydrogens is 342 g/mol. The van der Waals surface area contributed by atoms with Gasteiger partial charge in [-0.1, -0.05) is 25.3 Å². The van der Waals surface area contributed by atoms with Crippen LogP contribution >= 0.6 is 0 Å². The van der Waals surface area contributed by atoms with Gasteiger partial charge in [-0.15, -0.1) is 0 Å². The first kappa shape index (κ1) is 19.8. The van der Waals surface area contributed by atoms with Crippen molar-refractivity contribution in [3.8, 4) is 11.5 Å². The van der Waals surface area contributed by atoms with Gasteiger partial charge in [-0.2, -0.15) is 0 Å². The number of aliphatic hydroxyl groups is 1. The van der Waals surface area contributed by atoms with Gasteiger partial charge in [-0.25, -0.2) is 0 Å². The van der Waals surface area contributed by atoms with E-state index in [-0.39, 0.29) is 12.0 Å². The van der Waals surface area contributed by atoms with Crippen molar-refractivity contribution in [1.29, 1.82) is 0 Å². The molecule has 3 rings (SSSR count). The highest BCUT2D eigenvalue weighted by atomic mass is 16.7. The first-order valence-electron chi connectivity index (χ1n) is 10.3. The molecule has 0 bridgehead atoms. The lowest BCUT2D eigenvalue weighted by Gasteiger charge is -2.35. The summed E-state index contributed by atoms with van der Waals surface area (Å²) in [7, 11) is 0. The zero-order chi connectivity index (χ0) is 19.0. The molecule has 1 fully saturated rings. The van der Waals surface area contributed by atoms with E-state index in [9.17, 15) is 5.11 Å². The van der Waals surface area contributed by atoms with Crippen LogP contribution in [0.4, 0.5) is 0 Å². The molecule has 1 saturated carbocycles. The third-order valence-electron chi connectivity index (χ3n) is 5.62. The summed E-state index contributed by atoms with van der Waals surface area (Å²) >= 11 is 0. The molecule has 6 heteroatoms. The number of hydrogen-bond donors (Lipinski definition) is 3. The lowest BCUT2D eigenvalue weighted by Crippen LogP contribution is -2.40. The highest BCUT2D eigenvalue weighted by Gasteiger charge is 2.31. The van der Waals surface area contributed by atoms with Crippen molar-refractivity contribution in [2.24, 2.45) is 10.4 Å². The number of aliphatic hydroxyl groups excluding tert-OH is 1. The predicted molar refractivity (Wildman–Crippen MR) is 107 cm³/mol. The molecule has 0 aromatic heterocycles. The van der Waals surface area contributed by atoms with Gasteiger partial charge in [0, 0.05) is 26.2 Å². The third kappa shape index (κ3) is 5.51. The number of rotatable bonds is 8. The van der Waals surface area contributed by atoms with Crippen molar-refractivity contribution in [2.75, 3.05) is 33.0 Å². The quantitative estimate of drug-likeness (QED) is 0.481. The van der Waals surface area contributed by atoms with Crippen molar-refractivity contribution < 1.29 is 14.6 Å². The van der Waals surface area contributed by atoms with Crippen molar-refractivity contribution in [2.45, 2.75) is 51.9 Å². The summed E-state index contributed by atoms with van der Waals surface area (Å²) in [5, 5.41) is 16.3. The van der Waals surface area contributed by atoms with Crippen LogP contribution in [0.2, 0.25) is 0 Å². The first-order chi connectivity index (χ1) is 13.2. The van der Waals surface area contributed by atoms with Gasteiger partial charge in [0.15, 0.2) is 17.5 Å². The van der Waals surface area contributed by atoms with Crippen molar-refractivity contribution in [3.63, 3.8) is 0 Å². The molecule has 0 spiro atoms. The van der Waals surface area contributed by atoms with Gasteiger partial charge in [0.25, 0.3) is 0 Å². The minimum atomic E-state index is 0.173. The fourth-order valence-electron chi connectivity index (χ4n) is 4.04. The van der Waals surface area contributed by atoms with Crippen LogP contribution in [0, 0.1) is 5.41 Å². The van der Waals surface area contributed by atoms with E-state index in [4.69, 9.17) is 14.5 Å². The van der Waals surface area contributed by atoms with Crippen molar-refractivity contribution in [1.82, 2.24) is 10.6 Å². The number of nitrogens with one attached hydrogen (secondary N) is 2. The van der Waals surface area contributed by atoms with E-state index in [0.717, 1.165) is 49.9 Å². The summed E-state index contributed by atoms with van der Waals surface area (Å²) in [5.41, 5.74) is 1.39. The van der Waals surface area contributed by atoms with Crippen LogP contribution in [-0.2, 0) is 6.42 Å². The molecule has 1 aliphatic carbocycles. The molecule has 27 heavy (non-hydrogen) atoms. The zero-order valence-corrected chi connectivity index (χ0v) is 16.4. The van der Waals surface area contributed by atoms with Crippen molar-refractivity contribution >= 4 is 5.96 Å². The summed E-state index contributed by atoms with van der Waals surface area (Å²) in [4.78, 5) is 4.86. The lowest BCUT2D eigenvalue weighted by molar-refractivity contribution is 0.137. The summed E-state index contributed by atoms with van der Waals surface area (Å²) < 4.78 is 10.8. The Morgan fingerprint density at radius 1 is 1.15 bits per heavy atom. The van der Waals surface area contributed by atoms with Crippen LogP contribution in [0.3, 0.4) is 0 Å². The molecule has 1 heterocycles. The molecule has 0 amide bonds. The number of nitrogens with zero attached hydrogens (tertiary/aromatic N) is 1. The summed E-state index contributed by atoms with van der Waals surface area (Å²) in [6.07, 6.45) is 7.91. The lowest BCUT2D eigenvalue weighted by atomic mass is 9.72. The topological polar surface area (TPSA) is 75.1 Å². The second-order valence-corrected chi connectivity index (χ2v) is 7.59. The monoisotopic (exact) mass is 375 g/mol. The van der Waals surface area contributed by atoms with Crippen LogP contribution in [-0.4, -0.2) is 44.1 Å². The maximum atomic E-state index is 9.49. The number of fused-ring (bicyclic) bond motifs is 1. The number of benzene rings is 1. The molecule has 6 nitrogen and oxygen atoms in total.